The Labute approximate surface area is 108 Å². The molecular formula is C13H10FN3O2. The zero-order valence-corrected chi connectivity index (χ0v) is 9.76. The Kier molecular flexibility index (Phi) is 3.51. The van der Waals surface area contributed by atoms with Gasteiger partial charge in [-0.05, 0) is 30.3 Å². The topological polar surface area (TPSA) is 85.1 Å². The first kappa shape index (κ1) is 12.7. The zero-order valence-electron chi connectivity index (χ0n) is 9.76. The van der Waals surface area contributed by atoms with Crippen LogP contribution in [-0.2, 0) is 0 Å². The lowest BCUT2D eigenvalue weighted by atomic mass is 10.1. The highest BCUT2D eigenvalue weighted by molar-refractivity contribution is 6.08. The van der Waals surface area contributed by atoms with Gasteiger partial charge in [0.25, 0.3) is 11.8 Å². The molecule has 0 aliphatic heterocycles. The quantitative estimate of drug-likeness (QED) is 0.877. The Balaban J connectivity index is 2.31. The molecule has 0 radical (unpaired) electrons. The van der Waals surface area contributed by atoms with Crippen molar-refractivity contribution < 1.29 is 14.0 Å². The van der Waals surface area contributed by atoms with E-state index >= 15 is 0 Å². The minimum atomic E-state index is -0.749. The molecule has 6 heteroatoms. The molecule has 0 aliphatic rings. The average Bonchev–Trinajstić information content (AvgIpc) is 2.39. The minimum absolute atomic E-state index is 0.0290. The number of amides is 2. The molecule has 2 aromatic rings. The van der Waals surface area contributed by atoms with Crippen LogP contribution in [0.5, 0.6) is 0 Å². The second-order valence-corrected chi connectivity index (χ2v) is 3.75. The normalized spacial score (nSPS) is 9.95. The van der Waals surface area contributed by atoms with Crippen molar-refractivity contribution in [1.82, 2.24) is 4.98 Å². The van der Waals surface area contributed by atoms with Crippen molar-refractivity contribution in [3.8, 4) is 0 Å². The van der Waals surface area contributed by atoms with Gasteiger partial charge in [-0.25, -0.2) is 4.39 Å². The molecule has 0 fully saturated rings. The van der Waals surface area contributed by atoms with E-state index < -0.39 is 17.6 Å². The van der Waals surface area contributed by atoms with E-state index in [1.165, 1.54) is 18.5 Å². The minimum Gasteiger partial charge on any atom is -0.366 e. The van der Waals surface area contributed by atoms with Gasteiger partial charge in [0, 0.05) is 12.4 Å². The Morgan fingerprint density at radius 3 is 2.68 bits per heavy atom. The number of rotatable bonds is 3. The maximum Gasteiger partial charge on any atom is 0.257 e. The van der Waals surface area contributed by atoms with Gasteiger partial charge in [-0.3, -0.25) is 14.6 Å². The van der Waals surface area contributed by atoms with Crippen molar-refractivity contribution in [3.05, 3.63) is 59.7 Å². The Morgan fingerprint density at radius 2 is 2.05 bits per heavy atom. The lowest BCUT2D eigenvalue weighted by molar-refractivity contribution is 0.100. The summed E-state index contributed by atoms with van der Waals surface area (Å²) in [5.74, 6) is -1.82. The van der Waals surface area contributed by atoms with Crippen LogP contribution in [0.2, 0.25) is 0 Å². The Hall–Kier alpha value is -2.76. The summed E-state index contributed by atoms with van der Waals surface area (Å²) in [5.41, 5.74) is 5.52. The van der Waals surface area contributed by atoms with Gasteiger partial charge in [-0.15, -0.1) is 0 Å². The fraction of sp³-hybridized carbons (Fsp3) is 0. The fourth-order valence-electron chi connectivity index (χ4n) is 1.53. The van der Waals surface area contributed by atoms with E-state index in [-0.39, 0.29) is 11.3 Å². The maximum absolute atomic E-state index is 13.1. The number of nitrogens with two attached hydrogens (primary N) is 1. The summed E-state index contributed by atoms with van der Waals surface area (Å²) < 4.78 is 13.1. The van der Waals surface area contributed by atoms with Crippen molar-refractivity contribution in [2.24, 2.45) is 5.73 Å². The van der Waals surface area contributed by atoms with Gasteiger partial charge in [0.2, 0.25) is 0 Å². The van der Waals surface area contributed by atoms with Crippen molar-refractivity contribution >= 4 is 17.5 Å². The van der Waals surface area contributed by atoms with Crippen molar-refractivity contribution in [2.75, 3.05) is 5.32 Å². The molecule has 5 nitrogen and oxygen atoms in total. The van der Waals surface area contributed by atoms with E-state index in [9.17, 15) is 14.0 Å². The first-order valence-corrected chi connectivity index (χ1v) is 5.38. The van der Waals surface area contributed by atoms with Crippen LogP contribution in [0.1, 0.15) is 20.7 Å². The number of pyridine rings is 1. The highest BCUT2D eigenvalue weighted by Gasteiger charge is 2.13. The number of carbonyl (C=O) groups is 2. The molecule has 0 aliphatic carbocycles. The predicted octanol–water partition coefficient (Wildman–Crippen LogP) is 1.57. The van der Waals surface area contributed by atoms with Gasteiger partial charge in [0.15, 0.2) is 0 Å². The number of anilines is 1. The molecule has 0 unspecified atom stereocenters. The highest BCUT2D eigenvalue weighted by atomic mass is 19.1. The van der Waals surface area contributed by atoms with Crippen LogP contribution in [0.4, 0.5) is 10.1 Å². The third-order valence-electron chi connectivity index (χ3n) is 2.42. The average molecular weight is 259 g/mol. The molecule has 1 heterocycles. The fourth-order valence-corrected chi connectivity index (χ4v) is 1.53. The van der Waals surface area contributed by atoms with Gasteiger partial charge in [-0.1, -0.05) is 0 Å². The van der Waals surface area contributed by atoms with Gasteiger partial charge in [-0.2, -0.15) is 0 Å². The molecule has 0 saturated heterocycles. The molecule has 2 amide bonds. The number of nitrogens with zero attached hydrogens (tertiary/aromatic N) is 1. The molecule has 0 bridgehead atoms. The van der Waals surface area contributed by atoms with Crippen molar-refractivity contribution in [2.45, 2.75) is 0 Å². The summed E-state index contributed by atoms with van der Waals surface area (Å²) in [4.78, 5) is 26.9. The summed E-state index contributed by atoms with van der Waals surface area (Å²) in [5, 5.41) is 2.43. The molecule has 0 saturated carbocycles. The summed E-state index contributed by atoms with van der Waals surface area (Å²) in [6.07, 6.45) is 2.88. The number of hydrogen-bond acceptors (Lipinski definition) is 3. The highest BCUT2D eigenvalue weighted by Crippen LogP contribution is 2.17. The largest absolute Gasteiger partial charge is 0.366 e. The predicted molar refractivity (Wildman–Crippen MR) is 67.1 cm³/mol. The second kappa shape index (κ2) is 5.26. The monoisotopic (exact) mass is 259 g/mol. The van der Waals surface area contributed by atoms with E-state index in [1.807, 2.05) is 0 Å². The Morgan fingerprint density at radius 1 is 1.26 bits per heavy atom. The maximum atomic E-state index is 13.1. The molecule has 19 heavy (non-hydrogen) atoms. The molecule has 0 spiro atoms. The van der Waals surface area contributed by atoms with Crippen LogP contribution in [0.15, 0.2) is 42.7 Å². The second-order valence-electron chi connectivity index (χ2n) is 3.75. The first-order valence-electron chi connectivity index (χ1n) is 5.38. The van der Waals surface area contributed by atoms with Crippen LogP contribution in [0, 0.1) is 5.82 Å². The van der Waals surface area contributed by atoms with Crippen LogP contribution >= 0.6 is 0 Å². The third kappa shape index (κ3) is 2.92. The Bertz CT molecular complexity index is 629. The van der Waals surface area contributed by atoms with Crippen LogP contribution in [0.3, 0.4) is 0 Å². The summed E-state index contributed by atoms with van der Waals surface area (Å²) >= 11 is 0. The third-order valence-corrected chi connectivity index (χ3v) is 2.42. The van der Waals surface area contributed by atoms with Crippen LogP contribution < -0.4 is 11.1 Å². The molecular weight excluding hydrogens is 249 g/mol. The number of carbonyl (C=O) groups excluding carboxylic acids is 2. The van der Waals surface area contributed by atoms with E-state index in [2.05, 4.69) is 10.3 Å². The van der Waals surface area contributed by atoms with E-state index in [0.29, 0.717) is 5.56 Å². The lowest BCUT2D eigenvalue weighted by Gasteiger charge is -2.08. The molecule has 3 N–H and O–H groups in total. The summed E-state index contributed by atoms with van der Waals surface area (Å²) in [6.45, 7) is 0. The van der Waals surface area contributed by atoms with Gasteiger partial charge in [0.1, 0.15) is 5.82 Å². The van der Waals surface area contributed by atoms with Crippen LogP contribution in [0.25, 0.3) is 0 Å². The van der Waals surface area contributed by atoms with Gasteiger partial charge >= 0.3 is 0 Å². The van der Waals surface area contributed by atoms with Crippen molar-refractivity contribution in [1.29, 1.82) is 0 Å². The molecule has 96 valence electrons. The molecule has 1 aromatic carbocycles. The number of aromatic nitrogens is 1. The number of primary amides is 1. The summed E-state index contributed by atoms with van der Waals surface area (Å²) in [6, 6.07) is 6.49. The number of hydrogen-bond donors (Lipinski definition) is 2. The number of nitrogens with one attached hydrogen (secondary N) is 1. The van der Waals surface area contributed by atoms with Gasteiger partial charge in [0.05, 0.1) is 16.8 Å². The summed E-state index contributed by atoms with van der Waals surface area (Å²) in [7, 11) is 0. The number of benzene rings is 1. The van der Waals surface area contributed by atoms with E-state index in [4.69, 9.17) is 5.73 Å². The van der Waals surface area contributed by atoms with E-state index in [1.54, 1.807) is 12.1 Å². The standard InChI is InChI=1S/C13H10FN3O2/c14-9-3-4-10(12(15)18)11(6-9)17-13(19)8-2-1-5-16-7-8/h1-7H,(H2,15,18)(H,17,19). The lowest BCUT2D eigenvalue weighted by Crippen LogP contribution is -2.18. The number of halogens is 1. The first-order chi connectivity index (χ1) is 9.08. The van der Waals surface area contributed by atoms with Gasteiger partial charge < -0.3 is 11.1 Å². The smallest absolute Gasteiger partial charge is 0.257 e. The molecule has 2 rings (SSSR count). The molecule has 1 aromatic heterocycles. The van der Waals surface area contributed by atoms with Crippen LogP contribution in [-0.4, -0.2) is 16.8 Å². The zero-order chi connectivity index (χ0) is 13.8. The van der Waals surface area contributed by atoms with Crippen molar-refractivity contribution in [3.63, 3.8) is 0 Å². The SMILES string of the molecule is NC(=O)c1ccc(F)cc1NC(=O)c1cccnc1. The molecule has 0 atom stereocenters. The van der Waals surface area contributed by atoms with E-state index in [0.717, 1.165) is 12.1 Å².